The molecular formula is C17H19NS. The van der Waals surface area contributed by atoms with Crippen molar-refractivity contribution in [2.24, 2.45) is 0 Å². The van der Waals surface area contributed by atoms with Gasteiger partial charge in [-0.1, -0.05) is 31.4 Å². The molecule has 0 saturated heterocycles. The topological polar surface area (TPSA) is 12.9 Å². The van der Waals surface area contributed by atoms with Crippen LogP contribution < -0.4 is 9.75 Å². The van der Waals surface area contributed by atoms with Crippen LogP contribution in [-0.2, 0) is 0 Å². The van der Waals surface area contributed by atoms with E-state index in [1.54, 1.807) is 0 Å². The molecule has 0 aliphatic heterocycles. The number of fused-ring (bicyclic) bond motifs is 3. The van der Waals surface area contributed by atoms with Crippen LogP contribution in [0.25, 0.3) is 22.2 Å². The molecule has 0 amide bonds. The average molecular weight is 269 g/mol. The lowest BCUT2D eigenvalue weighted by Crippen LogP contribution is -2.20. The molecular weight excluding hydrogens is 250 g/mol. The first-order chi connectivity index (χ1) is 9.43. The number of pyridine rings is 1. The molecule has 0 radical (unpaired) electrons. The lowest BCUT2D eigenvalue weighted by atomic mass is 9.86. The van der Waals surface area contributed by atoms with Crippen LogP contribution in [0, 0.1) is 0 Å². The SMILES string of the molecule is C1=c2sc3c(C4CCCCC4)nccc3c2=CCC1. The van der Waals surface area contributed by atoms with Gasteiger partial charge in [-0.15, -0.1) is 11.3 Å². The third-order valence-electron chi connectivity index (χ3n) is 4.54. The Hall–Kier alpha value is -1.15. The third-order valence-corrected chi connectivity index (χ3v) is 5.78. The summed E-state index contributed by atoms with van der Waals surface area (Å²) in [5.41, 5.74) is 1.39. The van der Waals surface area contributed by atoms with E-state index in [1.807, 2.05) is 17.5 Å². The van der Waals surface area contributed by atoms with Gasteiger partial charge >= 0.3 is 0 Å². The first-order valence-electron chi connectivity index (χ1n) is 7.51. The van der Waals surface area contributed by atoms with Crippen LogP contribution in [-0.4, -0.2) is 4.98 Å². The maximum Gasteiger partial charge on any atom is 0.0612 e. The van der Waals surface area contributed by atoms with E-state index in [0.717, 1.165) is 0 Å². The molecule has 4 rings (SSSR count). The van der Waals surface area contributed by atoms with E-state index in [-0.39, 0.29) is 0 Å². The largest absolute Gasteiger partial charge is 0.259 e. The van der Waals surface area contributed by atoms with Gasteiger partial charge in [0.15, 0.2) is 0 Å². The molecule has 0 atom stereocenters. The van der Waals surface area contributed by atoms with E-state index in [1.165, 1.54) is 70.5 Å². The number of thiophene rings is 1. The Morgan fingerprint density at radius 3 is 2.79 bits per heavy atom. The van der Waals surface area contributed by atoms with Crippen LogP contribution in [0.2, 0.25) is 0 Å². The normalized spacial score (nSPS) is 19.8. The Bertz CT molecular complexity index is 720. The van der Waals surface area contributed by atoms with E-state index in [2.05, 4.69) is 18.2 Å². The zero-order chi connectivity index (χ0) is 12.7. The Kier molecular flexibility index (Phi) is 2.92. The summed E-state index contributed by atoms with van der Waals surface area (Å²) in [6, 6.07) is 2.21. The standard InChI is InChI=1S/C17H19NS/c1-2-6-12(7-3-1)16-17-14(10-11-18-16)13-8-4-5-9-15(13)19-17/h8-12H,1-7H2. The number of aromatic nitrogens is 1. The van der Waals surface area contributed by atoms with E-state index in [4.69, 9.17) is 4.98 Å². The van der Waals surface area contributed by atoms with E-state index < -0.39 is 0 Å². The molecule has 0 unspecified atom stereocenters. The van der Waals surface area contributed by atoms with Gasteiger partial charge in [-0.25, -0.2) is 0 Å². The summed E-state index contributed by atoms with van der Waals surface area (Å²) in [4.78, 5) is 4.76. The Labute approximate surface area is 117 Å². The highest BCUT2D eigenvalue weighted by molar-refractivity contribution is 7.17. The van der Waals surface area contributed by atoms with Gasteiger partial charge < -0.3 is 0 Å². The smallest absolute Gasteiger partial charge is 0.0612 e. The zero-order valence-corrected chi connectivity index (χ0v) is 12.0. The van der Waals surface area contributed by atoms with Crippen molar-refractivity contribution in [3.63, 3.8) is 0 Å². The van der Waals surface area contributed by atoms with Crippen LogP contribution in [0.15, 0.2) is 12.3 Å². The van der Waals surface area contributed by atoms with Crippen molar-refractivity contribution in [3.05, 3.63) is 27.7 Å². The van der Waals surface area contributed by atoms with Crippen LogP contribution in [0.3, 0.4) is 0 Å². The second-order valence-electron chi connectivity index (χ2n) is 5.77. The fraction of sp³-hybridized carbons (Fsp3) is 0.471. The highest BCUT2D eigenvalue weighted by Crippen LogP contribution is 2.35. The van der Waals surface area contributed by atoms with Gasteiger partial charge in [0.05, 0.1) is 10.4 Å². The number of hydrogen-bond acceptors (Lipinski definition) is 2. The van der Waals surface area contributed by atoms with Crippen molar-refractivity contribution in [1.82, 2.24) is 4.98 Å². The Morgan fingerprint density at radius 1 is 1.05 bits per heavy atom. The Balaban J connectivity index is 1.95. The molecule has 0 spiro atoms. The fourth-order valence-corrected chi connectivity index (χ4v) is 4.89. The molecule has 2 aliphatic rings. The highest BCUT2D eigenvalue weighted by Gasteiger charge is 2.20. The average Bonchev–Trinajstić information content (AvgIpc) is 2.87. The van der Waals surface area contributed by atoms with Gasteiger partial charge in [-0.05, 0) is 37.0 Å². The maximum absolute atomic E-state index is 4.76. The van der Waals surface area contributed by atoms with Crippen molar-refractivity contribution in [2.75, 3.05) is 0 Å². The van der Waals surface area contributed by atoms with Gasteiger partial charge in [0, 0.05) is 22.0 Å². The molecule has 1 fully saturated rings. The molecule has 2 heterocycles. The second-order valence-corrected chi connectivity index (χ2v) is 6.83. The molecule has 0 N–H and O–H groups in total. The van der Waals surface area contributed by atoms with Crippen LogP contribution >= 0.6 is 11.3 Å². The molecule has 0 bridgehead atoms. The van der Waals surface area contributed by atoms with Gasteiger partial charge in [-0.2, -0.15) is 0 Å². The minimum atomic E-state index is 0.706. The van der Waals surface area contributed by atoms with Gasteiger partial charge in [0.1, 0.15) is 0 Å². The maximum atomic E-state index is 4.76. The minimum absolute atomic E-state index is 0.706. The summed E-state index contributed by atoms with van der Waals surface area (Å²) in [5, 5.41) is 2.93. The van der Waals surface area contributed by atoms with Crippen molar-refractivity contribution in [3.8, 4) is 0 Å². The van der Waals surface area contributed by atoms with E-state index in [9.17, 15) is 0 Å². The van der Waals surface area contributed by atoms with Gasteiger partial charge in [-0.3, -0.25) is 4.98 Å². The monoisotopic (exact) mass is 269 g/mol. The molecule has 1 nitrogen and oxygen atoms in total. The van der Waals surface area contributed by atoms with Crippen molar-refractivity contribution >= 4 is 33.6 Å². The second kappa shape index (κ2) is 4.75. The quantitative estimate of drug-likeness (QED) is 0.769. The summed E-state index contributed by atoms with van der Waals surface area (Å²) in [6.07, 6.45) is 16.1. The fourth-order valence-electron chi connectivity index (χ4n) is 3.55. The van der Waals surface area contributed by atoms with Gasteiger partial charge in [0.2, 0.25) is 0 Å². The number of rotatable bonds is 1. The molecule has 2 aliphatic carbocycles. The summed E-state index contributed by atoms with van der Waals surface area (Å²) >= 11 is 1.97. The lowest BCUT2D eigenvalue weighted by molar-refractivity contribution is 0.439. The summed E-state index contributed by atoms with van der Waals surface area (Å²) < 4.78 is 2.94. The summed E-state index contributed by atoms with van der Waals surface area (Å²) in [7, 11) is 0. The molecule has 98 valence electrons. The molecule has 1 saturated carbocycles. The van der Waals surface area contributed by atoms with Crippen molar-refractivity contribution in [1.29, 1.82) is 0 Å². The predicted octanol–water partition coefficient (Wildman–Crippen LogP) is 3.70. The molecule has 2 aromatic rings. The lowest BCUT2D eigenvalue weighted by Gasteiger charge is -2.21. The molecule has 2 heteroatoms. The molecule has 0 aromatic carbocycles. The first-order valence-corrected chi connectivity index (χ1v) is 8.33. The van der Waals surface area contributed by atoms with Crippen molar-refractivity contribution < 1.29 is 0 Å². The molecule has 2 aromatic heterocycles. The number of hydrogen-bond donors (Lipinski definition) is 0. The number of nitrogens with zero attached hydrogens (tertiary/aromatic N) is 1. The first kappa shape index (κ1) is 11.7. The molecule has 19 heavy (non-hydrogen) atoms. The van der Waals surface area contributed by atoms with Crippen LogP contribution in [0.5, 0.6) is 0 Å². The summed E-state index contributed by atoms with van der Waals surface area (Å²) in [6.45, 7) is 0. The van der Waals surface area contributed by atoms with E-state index in [0.29, 0.717) is 5.92 Å². The van der Waals surface area contributed by atoms with E-state index >= 15 is 0 Å². The van der Waals surface area contributed by atoms with Crippen molar-refractivity contribution in [2.45, 2.75) is 50.9 Å². The van der Waals surface area contributed by atoms with Crippen LogP contribution in [0.4, 0.5) is 0 Å². The van der Waals surface area contributed by atoms with Gasteiger partial charge in [0.25, 0.3) is 0 Å². The van der Waals surface area contributed by atoms with Crippen LogP contribution in [0.1, 0.15) is 56.6 Å². The predicted molar refractivity (Wildman–Crippen MR) is 82.9 cm³/mol. The minimum Gasteiger partial charge on any atom is -0.259 e. The third kappa shape index (κ3) is 1.93. The summed E-state index contributed by atoms with van der Waals surface area (Å²) in [5.74, 6) is 0.706. The Morgan fingerprint density at radius 2 is 1.89 bits per heavy atom. The highest BCUT2D eigenvalue weighted by atomic mass is 32.1. The zero-order valence-electron chi connectivity index (χ0n) is 11.2.